The molecule has 0 radical (unpaired) electrons. The maximum absolute atomic E-state index is 11.0. The number of aromatic nitrogens is 2. The Hall–Kier alpha value is -3.84. The summed E-state index contributed by atoms with van der Waals surface area (Å²) in [6, 6.07) is 21.5. The molecule has 1 aromatic heterocycles. The smallest absolute Gasteiger partial charge is 0.269 e. The van der Waals surface area contributed by atoms with Gasteiger partial charge >= 0.3 is 0 Å². The van der Waals surface area contributed by atoms with Crippen molar-refractivity contribution in [1.82, 2.24) is 9.78 Å². The van der Waals surface area contributed by atoms with Crippen molar-refractivity contribution in [3.8, 4) is 34.0 Å². The fourth-order valence-corrected chi connectivity index (χ4v) is 3.90. The number of nitrogens with zero attached hydrogens (tertiary/aromatic N) is 3. The van der Waals surface area contributed by atoms with Crippen LogP contribution in [0.5, 0.6) is 11.5 Å². The zero-order valence-corrected chi connectivity index (χ0v) is 18.2. The minimum Gasteiger partial charge on any atom is -0.496 e. The summed E-state index contributed by atoms with van der Waals surface area (Å²) in [6.45, 7) is 0.361. The summed E-state index contributed by atoms with van der Waals surface area (Å²) in [5.74, 6) is 1.31. The molecule has 162 valence electrons. The second-order valence-corrected chi connectivity index (χ2v) is 7.37. The molecule has 0 bridgehead atoms. The van der Waals surface area contributed by atoms with Gasteiger partial charge in [-0.2, -0.15) is 5.10 Å². The molecule has 0 saturated heterocycles. The van der Waals surface area contributed by atoms with Crippen LogP contribution in [-0.4, -0.2) is 28.9 Å². The van der Waals surface area contributed by atoms with Crippen molar-refractivity contribution < 1.29 is 14.4 Å². The van der Waals surface area contributed by atoms with Gasteiger partial charge in [-0.15, -0.1) is 0 Å². The van der Waals surface area contributed by atoms with Crippen molar-refractivity contribution in [2.24, 2.45) is 0 Å². The molecule has 0 atom stereocenters. The molecular weight excluding hydrogens is 430 g/mol. The van der Waals surface area contributed by atoms with Gasteiger partial charge in [0, 0.05) is 23.3 Å². The molecule has 0 saturated carbocycles. The number of ether oxygens (including phenoxy) is 2. The van der Waals surface area contributed by atoms with Gasteiger partial charge in [0.25, 0.3) is 5.69 Å². The molecule has 0 N–H and O–H groups in total. The van der Waals surface area contributed by atoms with Gasteiger partial charge in [0.05, 0.1) is 36.4 Å². The number of non-ortho nitro benzene ring substituents is 1. The van der Waals surface area contributed by atoms with E-state index in [0.717, 1.165) is 16.7 Å². The summed E-state index contributed by atoms with van der Waals surface area (Å²) in [5, 5.41) is 16.3. The average molecular weight is 450 g/mol. The van der Waals surface area contributed by atoms with Crippen molar-refractivity contribution in [2.75, 3.05) is 14.2 Å². The second-order valence-electron chi connectivity index (χ2n) is 6.99. The Bertz CT molecular complexity index is 1270. The number of para-hydroxylation sites is 2. The largest absolute Gasteiger partial charge is 0.496 e. The SMILES string of the molecule is COc1ccccc1-c1nn(Cc2ccc([N+](=O)[O-])cc2)c(-c2ccccc2OC)c1Cl. The maximum atomic E-state index is 11.0. The first-order valence-corrected chi connectivity index (χ1v) is 10.2. The van der Waals surface area contributed by atoms with E-state index in [1.54, 1.807) is 31.0 Å². The first-order valence-electron chi connectivity index (χ1n) is 9.80. The number of hydrogen-bond donors (Lipinski definition) is 0. The van der Waals surface area contributed by atoms with Crippen molar-refractivity contribution in [3.05, 3.63) is 93.5 Å². The van der Waals surface area contributed by atoms with Crippen LogP contribution in [-0.2, 0) is 6.54 Å². The molecule has 3 aromatic carbocycles. The average Bonchev–Trinajstić information content (AvgIpc) is 3.14. The highest BCUT2D eigenvalue weighted by atomic mass is 35.5. The zero-order valence-electron chi connectivity index (χ0n) is 17.5. The van der Waals surface area contributed by atoms with Gasteiger partial charge in [-0.1, -0.05) is 48.0 Å². The van der Waals surface area contributed by atoms with Gasteiger partial charge in [0.2, 0.25) is 0 Å². The molecular formula is C24H20ClN3O4. The number of hydrogen-bond acceptors (Lipinski definition) is 5. The molecule has 0 fully saturated rings. The van der Waals surface area contributed by atoms with Crippen LogP contribution in [0.2, 0.25) is 5.02 Å². The van der Waals surface area contributed by atoms with Crippen molar-refractivity contribution >= 4 is 17.3 Å². The molecule has 0 amide bonds. The number of benzene rings is 3. The number of rotatable bonds is 7. The molecule has 0 aliphatic rings. The molecule has 4 aromatic rings. The highest BCUT2D eigenvalue weighted by Crippen LogP contribution is 2.42. The predicted molar refractivity (Wildman–Crippen MR) is 123 cm³/mol. The Kier molecular flexibility index (Phi) is 6.09. The molecule has 0 aliphatic carbocycles. The second kappa shape index (κ2) is 9.11. The molecule has 4 rings (SSSR count). The van der Waals surface area contributed by atoms with Crippen LogP contribution in [0.3, 0.4) is 0 Å². The van der Waals surface area contributed by atoms with Crippen molar-refractivity contribution in [3.63, 3.8) is 0 Å². The normalized spacial score (nSPS) is 10.7. The van der Waals surface area contributed by atoms with Gasteiger partial charge in [-0.3, -0.25) is 14.8 Å². The van der Waals surface area contributed by atoms with Gasteiger partial charge < -0.3 is 9.47 Å². The summed E-state index contributed by atoms with van der Waals surface area (Å²) in [7, 11) is 3.20. The van der Waals surface area contributed by atoms with E-state index in [1.165, 1.54) is 12.1 Å². The topological polar surface area (TPSA) is 79.4 Å². The molecule has 7 nitrogen and oxygen atoms in total. The highest BCUT2D eigenvalue weighted by molar-refractivity contribution is 6.35. The summed E-state index contributed by atoms with van der Waals surface area (Å²) in [4.78, 5) is 10.6. The Morgan fingerprint density at radius 3 is 2.06 bits per heavy atom. The fourth-order valence-electron chi connectivity index (χ4n) is 3.56. The van der Waals surface area contributed by atoms with E-state index in [1.807, 2.05) is 48.5 Å². The third-order valence-corrected chi connectivity index (χ3v) is 5.46. The van der Waals surface area contributed by atoms with E-state index in [0.29, 0.717) is 34.5 Å². The lowest BCUT2D eigenvalue weighted by atomic mass is 10.1. The highest BCUT2D eigenvalue weighted by Gasteiger charge is 2.23. The third-order valence-electron chi connectivity index (χ3n) is 5.10. The molecule has 32 heavy (non-hydrogen) atoms. The molecule has 0 aliphatic heterocycles. The van der Waals surface area contributed by atoms with E-state index >= 15 is 0 Å². The Morgan fingerprint density at radius 1 is 0.906 bits per heavy atom. The van der Waals surface area contributed by atoms with E-state index in [9.17, 15) is 10.1 Å². The first kappa shape index (κ1) is 21.4. The van der Waals surface area contributed by atoms with Crippen LogP contribution in [0.15, 0.2) is 72.8 Å². The van der Waals surface area contributed by atoms with Gasteiger partial charge in [0.15, 0.2) is 0 Å². The number of nitro groups is 1. The van der Waals surface area contributed by atoms with Gasteiger partial charge in [-0.25, -0.2) is 0 Å². The lowest BCUT2D eigenvalue weighted by Gasteiger charge is -2.11. The van der Waals surface area contributed by atoms with Crippen LogP contribution in [0, 0.1) is 10.1 Å². The van der Waals surface area contributed by atoms with E-state index in [4.69, 9.17) is 26.2 Å². The van der Waals surface area contributed by atoms with Crippen molar-refractivity contribution in [1.29, 1.82) is 0 Å². The lowest BCUT2D eigenvalue weighted by Crippen LogP contribution is -2.05. The maximum Gasteiger partial charge on any atom is 0.269 e. The van der Waals surface area contributed by atoms with Crippen LogP contribution in [0.4, 0.5) is 5.69 Å². The Labute approximate surface area is 189 Å². The van der Waals surface area contributed by atoms with E-state index in [-0.39, 0.29) is 5.69 Å². The first-order chi connectivity index (χ1) is 15.5. The number of methoxy groups -OCH3 is 2. The van der Waals surface area contributed by atoms with Crippen LogP contribution in [0.25, 0.3) is 22.5 Å². The quantitative estimate of drug-likeness (QED) is 0.261. The summed E-state index contributed by atoms with van der Waals surface area (Å²) < 4.78 is 12.9. The molecule has 1 heterocycles. The summed E-state index contributed by atoms with van der Waals surface area (Å²) in [5.41, 5.74) is 3.69. The fraction of sp³-hybridized carbons (Fsp3) is 0.125. The van der Waals surface area contributed by atoms with Crippen LogP contribution < -0.4 is 9.47 Å². The predicted octanol–water partition coefficient (Wildman–Crippen LogP) is 5.84. The zero-order chi connectivity index (χ0) is 22.7. The molecule has 8 heteroatoms. The van der Waals surface area contributed by atoms with Gasteiger partial charge in [0.1, 0.15) is 17.2 Å². The van der Waals surface area contributed by atoms with E-state index in [2.05, 4.69) is 0 Å². The van der Waals surface area contributed by atoms with Crippen molar-refractivity contribution in [2.45, 2.75) is 6.54 Å². The number of halogens is 1. The Morgan fingerprint density at radius 2 is 1.47 bits per heavy atom. The van der Waals surface area contributed by atoms with E-state index < -0.39 is 4.92 Å². The lowest BCUT2D eigenvalue weighted by molar-refractivity contribution is -0.384. The molecule has 0 unspecified atom stereocenters. The minimum atomic E-state index is -0.422. The monoisotopic (exact) mass is 449 g/mol. The minimum absolute atomic E-state index is 0.0342. The van der Waals surface area contributed by atoms with Gasteiger partial charge in [-0.05, 0) is 29.8 Å². The third kappa shape index (κ3) is 4.02. The Balaban J connectivity index is 1.88. The molecule has 0 spiro atoms. The standard InChI is InChI=1S/C24H20ClN3O4/c1-31-20-9-5-3-7-18(20)23-22(25)24(19-8-4-6-10-21(19)32-2)27(26-23)15-16-11-13-17(14-12-16)28(29)30/h3-14H,15H2,1-2H3. The summed E-state index contributed by atoms with van der Waals surface area (Å²) in [6.07, 6.45) is 0. The van der Waals surface area contributed by atoms with Crippen LogP contribution in [0.1, 0.15) is 5.56 Å². The number of nitro benzene ring substituents is 1. The van der Waals surface area contributed by atoms with Crippen LogP contribution >= 0.6 is 11.6 Å². The summed E-state index contributed by atoms with van der Waals surface area (Å²) >= 11 is 6.91.